The van der Waals surface area contributed by atoms with Gasteiger partial charge in [0.1, 0.15) is 12.0 Å². The van der Waals surface area contributed by atoms with Crippen LogP contribution in [0.25, 0.3) is 10.8 Å². The summed E-state index contributed by atoms with van der Waals surface area (Å²) in [6.07, 6.45) is 1.25. The zero-order chi connectivity index (χ0) is 21.6. The largest absolute Gasteiger partial charge is 0.393 e. The van der Waals surface area contributed by atoms with Crippen LogP contribution in [0.4, 0.5) is 17.3 Å². The third kappa shape index (κ3) is 4.35. The molecule has 0 saturated carbocycles. The first kappa shape index (κ1) is 19.6. The SMILES string of the molecule is Nc1c(NNC(=O)c2ccccc2)ncnc1NNC(=O)c1cccc2ccccc12. The van der Waals surface area contributed by atoms with Gasteiger partial charge >= 0.3 is 0 Å². The van der Waals surface area contributed by atoms with Crippen molar-refractivity contribution in [3.8, 4) is 0 Å². The number of nitrogens with two attached hydrogens (primary N) is 1. The molecule has 0 atom stereocenters. The van der Waals surface area contributed by atoms with Crippen molar-refractivity contribution in [2.24, 2.45) is 0 Å². The van der Waals surface area contributed by atoms with Gasteiger partial charge in [-0.25, -0.2) is 9.97 Å². The molecule has 4 rings (SSSR count). The highest BCUT2D eigenvalue weighted by molar-refractivity contribution is 6.07. The summed E-state index contributed by atoms with van der Waals surface area (Å²) in [6, 6.07) is 21.8. The van der Waals surface area contributed by atoms with E-state index in [9.17, 15) is 9.59 Å². The molecule has 0 fully saturated rings. The van der Waals surface area contributed by atoms with Gasteiger partial charge in [-0.2, -0.15) is 0 Å². The molecule has 0 bridgehead atoms. The third-order valence-electron chi connectivity index (χ3n) is 4.54. The number of nitrogen functional groups attached to an aromatic ring is 1. The molecule has 0 aliphatic heterocycles. The molecule has 1 heterocycles. The van der Waals surface area contributed by atoms with E-state index in [0.29, 0.717) is 11.1 Å². The molecule has 0 radical (unpaired) electrons. The van der Waals surface area contributed by atoms with Gasteiger partial charge in [0.05, 0.1) is 0 Å². The maximum absolute atomic E-state index is 12.7. The maximum atomic E-state index is 12.7. The number of hydrogen-bond acceptors (Lipinski definition) is 7. The highest BCUT2D eigenvalue weighted by atomic mass is 16.2. The van der Waals surface area contributed by atoms with Gasteiger partial charge in [0, 0.05) is 11.1 Å². The number of carbonyl (C=O) groups is 2. The molecule has 2 amide bonds. The Hall–Kier alpha value is -4.66. The normalized spacial score (nSPS) is 10.3. The fraction of sp³-hybridized carbons (Fsp3) is 0. The fourth-order valence-corrected chi connectivity index (χ4v) is 2.98. The monoisotopic (exact) mass is 413 g/mol. The summed E-state index contributed by atoms with van der Waals surface area (Å²) < 4.78 is 0. The van der Waals surface area contributed by atoms with Crippen molar-refractivity contribution in [2.75, 3.05) is 16.6 Å². The number of aromatic nitrogens is 2. The first-order valence-electron chi connectivity index (χ1n) is 9.39. The molecule has 154 valence electrons. The molecule has 0 aliphatic carbocycles. The number of rotatable bonds is 6. The zero-order valence-electron chi connectivity index (χ0n) is 16.3. The Bertz CT molecular complexity index is 1240. The zero-order valence-corrected chi connectivity index (χ0v) is 16.3. The van der Waals surface area contributed by atoms with Crippen molar-refractivity contribution in [3.63, 3.8) is 0 Å². The number of carbonyl (C=O) groups excluding carboxylic acids is 2. The minimum absolute atomic E-state index is 0.120. The van der Waals surface area contributed by atoms with Crippen molar-refractivity contribution in [2.45, 2.75) is 0 Å². The maximum Gasteiger partial charge on any atom is 0.270 e. The van der Waals surface area contributed by atoms with Gasteiger partial charge in [0.15, 0.2) is 11.6 Å². The molecule has 6 N–H and O–H groups in total. The topological polar surface area (TPSA) is 134 Å². The van der Waals surface area contributed by atoms with E-state index in [1.54, 1.807) is 30.3 Å². The van der Waals surface area contributed by atoms with Crippen LogP contribution < -0.4 is 27.4 Å². The molecule has 0 unspecified atom stereocenters. The Morgan fingerprint density at radius 3 is 2.06 bits per heavy atom. The highest BCUT2D eigenvalue weighted by Gasteiger charge is 2.13. The molecule has 4 aromatic rings. The van der Waals surface area contributed by atoms with Gasteiger partial charge in [-0.15, -0.1) is 0 Å². The lowest BCUT2D eigenvalue weighted by atomic mass is 10.0. The lowest BCUT2D eigenvalue weighted by Crippen LogP contribution is -2.32. The molecule has 0 aliphatic rings. The highest BCUT2D eigenvalue weighted by Crippen LogP contribution is 2.22. The first-order valence-corrected chi connectivity index (χ1v) is 9.39. The summed E-state index contributed by atoms with van der Waals surface area (Å²) in [5.74, 6) is -0.333. The van der Waals surface area contributed by atoms with Crippen LogP contribution in [0.15, 0.2) is 79.1 Å². The van der Waals surface area contributed by atoms with Crippen LogP contribution in [0, 0.1) is 0 Å². The molecule has 9 nitrogen and oxygen atoms in total. The van der Waals surface area contributed by atoms with E-state index < -0.39 is 0 Å². The summed E-state index contributed by atoms with van der Waals surface area (Å²) >= 11 is 0. The lowest BCUT2D eigenvalue weighted by molar-refractivity contribution is 0.0955. The Kier molecular flexibility index (Phi) is 5.57. The standard InChI is InChI=1S/C22H19N7O2/c23-18-19(26-28-21(30)15-8-2-1-3-9-15)24-13-25-20(18)27-29-22(31)17-12-6-10-14-7-4-5-11-16(14)17/h1-13H,23H2,(H,28,30)(H,29,31)(H2,24,25,26,27). The van der Waals surface area contributed by atoms with Crippen LogP contribution in [0.3, 0.4) is 0 Å². The molecular formula is C22H19N7O2. The average Bonchev–Trinajstić information content (AvgIpc) is 2.82. The minimum atomic E-state index is -0.350. The predicted molar refractivity (Wildman–Crippen MR) is 119 cm³/mol. The van der Waals surface area contributed by atoms with Gasteiger partial charge < -0.3 is 5.73 Å². The molecule has 3 aromatic carbocycles. The summed E-state index contributed by atoms with van der Waals surface area (Å²) in [6.45, 7) is 0. The predicted octanol–water partition coefficient (Wildman–Crippen LogP) is 2.73. The molecule has 31 heavy (non-hydrogen) atoms. The summed E-state index contributed by atoms with van der Waals surface area (Å²) in [5.41, 5.74) is 17.7. The molecule has 0 saturated heterocycles. The van der Waals surface area contributed by atoms with Gasteiger partial charge in [0.2, 0.25) is 0 Å². The fourth-order valence-electron chi connectivity index (χ4n) is 2.98. The molecule has 9 heteroatoms. The Morgan fingerprint density at radius 1 is 0.710 bits per heavy atom. The average molecular weight is 413 g/mol. The van der Waals surface area contributed by atoms with Gasteiger partial charge in [0.25, 0.3) is 11.8 Å². The molecule has 1 aromatic heterocycles. The van der Waals surface area contributed by atoms with E-state index in [4.69, 9.17) is 5.73 Å². The van der Waals surface area contributed by atoms with E-state index in [-0.39, 0.29) is 29.1 Å². The number of benzene rings is 3. The number of nitrogens with zero attached hydrogens (tertiary/aromatic N) is 2. The van der Waals surface area contributed by atoms with Gasteiger partial charge in [-0.1, -0.05) is 54.6 Å². The third-order valence-corrected chi connectivity index (χ3v) is 4.54. The Morgan fingerprint density at radius 2 is 1.32 bits per heavy atom. The molecular weight excluding hydrogens is 394 g/mol. The second-order valence-electron chi connectivity index (χ2n) is 6.54. The molecule has 0 spiro atoms. The number of nitrogens with one attached hydrogen (secondary N) is 4. The smallest absolute Gasteiger partial charge is 0.270 e. The van der Waals surface area contributed by atoms with E-state index in [1.165, 1.54) is 6.33 Å². The number of amides is 2. The number of fused-ring (bicyclic) bond motifs is 1. The van der Waals surface area contributed by atoms with Crippen LogP contribution in [0.5, 0.6) is 0 Å². The van der Waals surface area contributed by atoms with Crippen LogP contribution in [-0.2, 0) is 0 Å². The van der Waals surface area contributed by atoms with E-state index in [2.05, 4.69) is 31.7 Å². The second-order valence-corrected chi connectivity index (χ2v) is 6.54. The lowest BCUT2D eigenvalue weighted by Gasteiger charge is -2.14. The van der Waals surface area contributed by atoms with E-state index in [1.807, 2.05) is 42.5 Å². The van der Waals surface area contributed by atoms with E-state index >= 15 is 0 Å². The number of hydrogen-bond donors (Lipinski definition) is 5. The Labute approximate surface area is 177 Å². The van der Waals surface area contributed by atoms with Crippen molar-refractivity contribution in [1.82, 2.24) is 20.8 Å². The quantitative estimate of drug-likeness (QED) is 0.307. The summed E-state index contributed by atoms with van der Waals surface area (Å²) in [5, 5.41) is 1.78. The van der Waals surface area contributed by atoms with Gasteiger partial charge in [-0.05, 0) is 29.0 Å². The van der Waals surface area contributed by atoms with E-state index in [0.717, 1.165) is 10.8 Å². The van der Waals surface area contributed by atoms with Gasteiger partial charge in [-0.3, -0.25) is 31.3 Å². The van der Waals surface area contributed by atoms with Crippen molar-refractivity contribution < 1.29 is 9.59 Å². The summed E-state index contributed by atoms with van der Waals surface area (Å²) in [7, 11) is 0. The number of hydrazine groups is 2. The second kappa shape index (κ2) is 8.78. The summed E-state index contributed by atoms with van der Waals surface area (Å²) in [4.78, 5) is 32.9. The van der Waals surface area contributed by atoms with Crippen LogP contribution in [0.1, 0.15) is 20.7 Å². The van der Waals surface area contributed by atoms with Crippen LogP contribution in [0.2, 0.25) is 0 Å². The Balaban J connectivity index is 1.43. The van der Waals surface area contributed by atoms with Crippen molar-refractivity contribution in [1.29, 1.82) is 0 Å². The van der Waals surface area contributed by atoms with Crippen LogP contribution >= 0.6 is 0 Å². The van der Waals surface area contributed by atoms with Crippen molar-refractivity contribution >= 4 is 39.9 Å². The number of anilines is 3. The van der Waals surface area contributed by atoms with Crippen molar-refractivity contribution in [3.05, 3.63) is 90.3 Å². The van der Waals surface area contributed by atoms with Crippen LogP contribution in [-0.4, -0.2) is 21.8 Å². The minimum Gasteiger partial charge on any atom is -0.393 e. The first-order chi connectivity index (χ1) is 15.1.